The molecule has 0 aliphatic carbocycles. The molecule has 0 bridgehead atoms. The molecule has 1 atom stereocenters. The number of hydrogen-bond acceptors (Lipinski definition) is 8. The average molecular weight is 523 g/mol. The van der Waals surface area contributed by atoms with Gasteiger partial charge in [0.1, 0.15) is 11.3 Å². The van der Waals surface area contributed by atoms with Crippen LogP contribution in [-0.2, 0) is 9.59 Å². The number of amides is 1. The largest absolute Gasteiger partial charge is 0.505 e. The van der Waals surface area contributed by atoms with Crippen LogP contribution in [0.1, 0.15) is 35.0 Å². The fraction of sp³-hybridized carbons (Fsp3) is 0.393. The number of methoxy groups -OCH3 is 3. The number of imidazole rings is 1. The number of carbonyl (C=O) groups excluding carboxylic acids is 2. The van der Waals surface area contributed by atoms with Crippen LogP contribution in [0.5, 0.6) is 17.2 Å². The lowest BCUT2D eigenvalue weighted by atomic mass is 9.95. The zero-order valence-corrected chi connectivity index (χ0v) is 22.9. The molecular formula is C28H34N4O6. The topological polar surface area (TPSA) is 106 Å². The third-order valence-corrected chi connectivity index (χ3v) is 6.86. The molecule has 202 valence electrons. The lowest BCUT2D eigenvalue weighted by Crippen LogP contribution is -2.32. The third-order valence-electron chi connectivity index (χ3n) is 6.86. The van der Waals surface area contributed by atoms with E-state index in [2.05, 4.69) is 4.98 Å². The maximum Gasteiger partial charge on any atom is 0.295 e. The van der Waals surface area contributed by atoms with Gasteiger partial charge in [0.15, 0.2) is 17.3 Å². The lowest BCUT2D eigenvalue weighted by molar-refractivity contribution is -0.139. The second-order valence-electron chi connectivity index (χ2n) is 9.54. The highest BCUT2D eigenvalue weighted by Crippen LogP contribution is 2.46. The molecule has 10 heteroatoms. The highest BCUT2D eigenvalue weighted by atomic mass is 16.5. The maximum absolute atomic E-state index is 13.5. The summed E-state index contributed by atoms with van der Waals surface area (Å²) < 4.78 is 18.4. The fourth-order valence-electron chi connectivity index (χ4n) is 4.95. The van der Waals surface area contributed by atoms with Crippen molar-refractivity contribution in [2.75, 3.05) is 48.5 Å². The van der Waals surface area contributed by atoms with Crippen molar-refractivity contribution in [1.29, 1.82) is 0 Å². The number of aliphatic hydroxyl groups excluding tert-OH is 1. The molecule has 3 heterocycles. The molecule has 38 heavy (non-hydrogen) atoms. The number of nitrogens with zero attached hydrogens (tertiary/aromatic N) is 4. The van der Waals surface area contributed by atoms with Gasteiger partial charge in [-0.15, -0.1) is 0 Å². The summed E-state index contributed by atoms with van der Waals surface area (Å²) in [7, 11) is 8.38. The Kier molecular flexibility index (Phi) is 7.63. The van der Waals surface area contributed by atoms with Crippen LogP contribution < -0.4 is 14.2 Å². The van der Waals surface area contributed by atoms with Gasteiger partial charge in [-0.1, -0.05) is 6.07 Å². The fourth-order valence-corrected chi connectivity index (χ4v) is 4.95. The first-order chi connectivity index (χ1) is 18.1. The number of benzene rings is 1. The van der Waals surface area contributed by atoms with Gasteiger partial charge in [0.05, 0.1) is 38.6 Å². The normalized spacial score (nSPS) is 17.1. The van der Waals surface area contributed by atoms with Crippen LogP contribution in [0.4, 0.5) is 0 Å². The van der Waals surface area contributed by atoms with Gasteiger partial charge in [-0.2, -0.15) is 0 Å². The van der Waals surface area contributed by atoms with E-state index in [4.69, 9.17) is 14.2 Å². The summed E-state index contributed by atoms with van der Waals surface area (Å²) in [6.45, 7) is 4.77. The summed E-state index contributed by atoms with van der Waals surface area (Å²) in [5, 5.41) is 11.6. The van der Waals surface area contributed by atoms with Crippen molar-refractivity contribution < 1.29 is 28.9 Å². The zero-order chi connectivity index (χ0) is 27.7. The number of ketones is 1. The maximum atomic E-state index is 13.5. The molecule has 3 aromatic rings. The van der Waals surface area contributed by atoms with Crippen molar-refractivity contribution >= 4 is 23.1 Å². The third kappa shape index (κ3) is 4.56. The van der Waals surface area contributed by atoms with Crippen LogP contribution in [0.25, 0.3) is 11.4 Å². The van der Waals surface area contributed by atoms with Gasteiger partial charge in [-0.25, -0.2) is 4.98 Å². The number of hydrogen-bond donors (Lipinski definition) is 1. The Morgan fingerprint density at radius 1 is 1.08 bits per heavy atom. The summed E-state index contributed by atoms with van der Waals surface area (Å²) in [6.07, 6.45) is 2.48. The minimum absolute atomic E-state index is 0.0294. The van der Waals surface area contributed by atoms with Crippen molar-refractivity contribution in [1.82, 2.24) is 19.2 Å². The standard InChI is InChI=1S/C28H34N4O6/c1-16-10-8-12-31-17(2)22(29-27(16)31)24(33)21-23(32(28(35)25(21)34)13-9-11-30(3)4)18-14-19(36-5)26(38-7)20(15-18)37-6/h8,10,12,14-15,23,33H,9,11,13H2,1-7H3. The molecule has 4 rings (SSSR count). The molecule has 0 saturated carbocycles. The number of fused-ring (bicyclic) bond motifs is 1. The molecule has 1 aliphatic heterocycles. The Bertz CT molecular complexity index is 1400. The highest BCUT2D eigenvalue weighted by Gasteiger charge is 2.47. The van der Waals surface area contributed by atoms with Crippen LogP contribution in [0.2, 0.25) is 0 Å². The summed E-state index contributed by atoms with van der Waals surface area (Å²) in [5.41, 5.74) is 3.00. The van der Waals surface area contributed by atoms with E-state index in [0.717, 1.165) is 12.1 Å². The Morgan fingerprint density at radius 3 is 2.29 bits per heavy atom. The number of carbonyl (C=O) groups is 2. The summed E-state index contributed by atoms with van der Waals surface area (Å²) in [6, 6.07) is 6.33. The van der Waals surface area contributed by atoms with E-state index in [-0.39, 0.29) is 17.0 Å². The Hall–Kier alpha value is -4.05. The van der Waals surface area contributed by atoms with Crippen molar-refractivity contribution in [2.24, 2.45) is 0 Å². The van der Waals surface area contributed by atoms with E-state index in [1.54, 1.807) is 12.1 Å². The molecule has 1 fully saturated rings. The van der Waals surface area contributed by atoms with Gasteiger partial charge in [0.25, 0.3) is 11.7 Å². The minimum atomic E-state index is -0.879. The number of rotatable bonds is 9. The van der Waals surface area contributed by atoms with Crippen LogP contribution in [0, 0.1) is 13.8 Å². The van der Waals surface area contributed by atoms with Crippen molar-refractivity contribution in [3.05, 3.63) is 58.6 Å². The molecule has 1 aromatic carbocycles. The number of aryl methyl sites for hydroxylation is 2. The number of aromatic nitrogens is 2. The van der Waals surface area contributed by atoms with Gasteiger partial charge in [0.2, 0.25) is 5.75 Å². The average Bonchev–Trinajstić information content (AvgIpc) is 3.37. The van der Waals surface area contributed by atoms with Gasteiger partial charge in [-0.05, 0) is 70.2 Å². The quantitative estimate of drug-likeness (QED) is 0.259. The van der Waals surface area contributed by atoms with Crippen LogP contribution in [-0.4, -0.2) is 84.5 Å². The van der Waals surface area contributed by atoms with Gasteiger partial charge in [0, 0.05) is 12.7 Å². The minimum Gasteiger partial charge on any atom is -0.505 e. The first kappa shape index (κ1) is 27.0. The lowest BCUT2D eigenvalue weighted by Gasteiger charge is -2.27. The van der Waals surface area contributed by atoms with E-state index >= 15 is 0 Å². The SMILES string of the molecule is COc1cc(C2C(=C(O)c3nc4c(C)cccn4c3C)C(=O)C(=O)N2CCCN(C)C)cc(OC)c1OC. The Labute approximate surface area is 222 Å². The number of Topliss-reactive ketones (excluding diaryl/α,β-unsaturated/α-hetero) is 1. The second kappa shape index (κ2) is 10.7. The number of likely N-dealkylation sites (tertiary alicyclic amines) is 1. The van der Waals surface area contributed by atoms with E-state index in [9.17, 15) is 14.7 Å². The van der Waals surface area contributed by atoms with Crippen LogP contribution in [0.3, 0.4) is 0 Å². The summed E-state index contributed by atoms with van der Waals surface area (Å²) in [4.78, 5) is 35.0. The molecule has 1 N–H and O–H groups in total. The van der Waals surface area contributed by atoms with E-state index in [0.29, 0.717) is 47.1 Å². The molecule has 2 aromatic heterocycles. The molecular weight excluding hydrogens is 488 g/mol. The molecule has 0 radical (unpaired) electrons. The van der Waals surface area contributed by atoms with Crippen molar-refractivity contribution in [3.63, 3.8) is 0 Å². The number of ether oxygens (including phenoxy) is 3. The highest BCUT2D eigenvalue weighted by molar-refractivity contribution is 6.46. The molecule has 1 saturated heterocycles. The molecule has 1 aliphatic rings. The second-order valence-corrected chi connectivity index (χ2v) is 9.54. The molecule has 10 nitrogen and oxygen atoms in total. The van der Waals surface area contributed by atoms with E-state index in [1.807, 2.05) is 55.6 Å². The predicted octanol–water partition coefficient (Wildman–Crippen LogP) is 3.35. The molecule has 1 unspecified atom stereocenters. The zero-order valence-electron chi connectivity index (χ0n) is 22.9. The van der Waals surface area contributed by atoms with Gasteiger partial charge >= 0.3 is 0 Å². The Balaban J connectivity index is 1.95. The monoisotopic (exact) mass is 522 g/mol. The first-order valence-corrected chi connectivity index (χ1v) is 12.3. The van der Waals surface area contributed by atoms with Crippen LogP contribution in [0.15, 0.2) is 36.0 Å². The molecule has 0 spiro atoms. The summed E-state index contributed by atoms with van der Waals surface area (Å²) in [5.74, 6) is -0.630. The smallest absolute Gasteiger partial charge is 0.295 e. The Morgan fingerprint density at radius 2 is 1.74 bits per heavy atom. The van der Waals surface area contributed by atoms with Gasteiger partial charge < -0.3 is 33.5 Å². The van der Waals surface area contributed by atoms with Crippen molar-refractivity contribution in [3.8, 4) is 17.2 Å². The van der Waals surface area contributed by atoms with E-state index in [1.165, 1.54) is 26.2 Å². The molecule has 1 amide bonds. The van der Waals surface area contributed by atoms with Crippen molar-refractivity contribution in [2.45, 2.75) is 26.3 Å². The summed E-state index contributed by atoms with van der Waals surface area (Å²) >= 11 is 0. The predicted molar refractivity (Wildman–Crippen MR) is 143 cm³/mol. The van der Waals surface area contributed by atoms with Gasteiger partial charge in [-0.3, -0.25) is 9.59 Å². The number of pyridine rings is 1. The van der Waals surface area contributed by atoms with E-state index < -0.39 is 17.7 Å². The number of aliphatic hydroxyl groups is 1. The first-order valence-electron chi connectivity index (χ1n) is 12.3. The van der Waals surface area contributed by atoms with Crippen LogP contribution >= 0.6 is 0 Å².